The van der Waals surface area contributed by atoms with Gasteiger partial charge in [0, 0.05) is 37.5 Å². The molecule has 3 heteroatoms. The van der Waals surface area contributed by atoms with Crippen molar-refractivity contribution in [3.8, 4) is 0 Å². The third-order valence-corrected chi connectivity index (χ3v) is 4.55. The second-order valence-corrected chi connectivity index (χ2v) is 6.79. The first-order valence-corrected chi connectivity index (χ1v) is 8.39. The molecule has 0 aromatic rings. The standard InChI is InChI=1S/C14H30N2S/c1-5-7-13-11-16(8-9-17-6-2)14(10-15-13)12(3)4/h12-15H,5-11H2,1-4H3. The SMILES string of the molecule is CCCC1CN(CCSCC)C(C(C)C)CN1. The van der Waals surface area contributed by atoms with Gasteiger partial charge in [0.25, 0.3) is 0 Å². The van der Waals surface area contributed by atoms with Crippen LogP contribution in [-0.4, -0.2) is 48.1 Å². The average molecular weight is 258 g/mol. The van der Waals surface area contributed by atoms with Gasteiger partial charge >= 0.3 is 0 Å². The molecule has 0 saturated carbocycles. The van der Waals surface area contributed by atoms with Crippen molar-refractivity contribution in [2.75, 3.05) is 31.1 Å². The first kappa shape index (κ1) is 15.3. The summed E-state index contributed by atoms with van der Waals surface area (Å²) in [4.78, 5) is 2.73. The number of piperazine rings is 1. The van der Waals surface area contributed by atoms with Crippen LogP contribution in [0.1, 0.15) is 40.5 Å². The number of hydrogen-bond acceptors (Lipinski definition) is 3. The van der Waals surface area contributed by atoms with Crippen molar-refractivity contribution in [1.82, 2.24) is 10.2 Å². The fourth-order valence-electron chi connectivity index (χ4n) is 2.68. The summed E-state index contributed by atoms with van der Waals surface area (Å²) in [5.41, 5.74) is 0. The Morgan fingerprint density at radius 2 is 2.12 bits per heavy atom. The second kappa shape index (κ2) is 8.39. The minimum atomic E-state index is 0.724. The number of nitrogens with one attached hydrogen (secondary N) is 1. The molecule has 1 aliphatic rings. The molecular weight excluding hydrogens is 228 g/mol. The van der Waals surface area contributed by atoms with E-state index in [2.05, 4.69) is 49.7 Å². The highest BCUT2D eigenvalue weighted by Gasteiger charge is 2.28. The second-order valence-electron chi connectivity index (χ2n) is 5.40. The van der Waals surface area contributed by atoms with Crippen molar-refractivity contribution >= 4 is 11.8 Å². The number of rotatable bonds is 7. The summed E-state index contributed by atoms with van der Waals surface area (Å²) in [6.07, 6.45) is 2.61. The number of hydrogen-bond donors (Lipinski definition) is 1. The third kappa shape index (κ3) is 5.19. The fraction of sp³-hybridized carbons (Fsp3) is 1.00. The molecule has 2 atom stereocenters. The van der Waals surface area contributed by atoms with Crippen molar-refractivity contribution in [2.45, 2.75) is 52.6 Å². The molecule has 1 fully saturated rings. The van der Waals surface area contributed by atoms with Gasteiger partial charge in [0.2, 0.25) is 0 Å². The van der Waals surface area contributed by atoms with Crippen LogP contribution in [0.25, 0.3) is 0 Å². The predicted octanol–water partition coefficient (Wildman–Crippen LogP) is 2.84. The van der Waals surface area contributed by atoms with Gasteiger partial charge in [-0.25, -0.2) is 0 Å². The van der Waals surface area contributed by atoms with Crippen LogP contribution in [0.2, 0.25) is 0 Å². The molecule has 1 heterocycles. The minimum absolute atomic E-state index is 0.724. The van der Waals surface area contributed by atoms with Gasteiger partial charge in [-0.3, -0.25) is 4.90 Å². The lowest BCUT2D eigenvalue weighted by Gasteiger charge is -2.42. The van der Waals surface area contributed by atoms with Gasteiger partial charge < -0.3 is 5.32 Å². The molecule has 0 spiro atoms. The zero-order valence-electron chi connectivity index (χ0n) is 12.0. The fourth-order valence-corrected chi connectivity index (χ4v) is 3.33. The quantitative estimate of drug-likeness (QED) is 0.707. The Labute approximate surface area is 112 Å². The van der Waals surface area contributed by atoms with Gasteiger partial charge in [0.05, 0.1) is 0 Å². The summed E-state index contributed by atoms with van der Waals surface area (Å²) in [6.45, 7) is 12.9. The Kier molecular flexibility index (Phi) is 7.56. The number of nitrogens with zero attached hydrogens (tertiary/aromatic N) is 1. The molecule has 1 saturated heterocycles. The summed E-state index contributed by atoms with van der Waals surface area (Å²) >= 11 is 2.07. The molecular formula is C14H30N2S. The minimum Gasteiger partial charge on any atom is -0.311 e. The Morgan fingerprint density at radius 1 is 1.35 bits per heavy atom. The van der Waals surface area contributed by atoms with Crippen LogP contribution in [0.15, 0.2) is 0 Å². The van der Waals surface area contributed by atoms with Crippen LogP contribution < -0.4 is 5.32 Å². The zero-order valence-corrected chi connectivity index (χ0v) is 12.9. The van der Waals surface area contributed by atoms with Crippen molar-refractivity contribution in [3.63, 3.8) is 0 Å². The predicted molar refractivity (Wildman–Crippen MR) is 79.9 cm³/mol. The van der Waals surface area contributed by atoms with E-state index < -0.39 is 0 Å². The monoisotopic (exact) mass is 258 g/mol. The molecule has 0 amide bonds. The van der Waals surface area contributed by atoms with E-state index in [1.165, 1.54) is 44.0 Å². The van der Waals surface area contributed by atoms with Gasteiger partial charge in [-0.1, -0.05) is 34.1 Å². The lowest BCUT2D eigenvalue weighted by atomic mass is 9.97. The molecule has 102 valence electrons. The molecule has 1 aliphatic heterocycles. The van der Waals surface area contributed by atoms with Gasteiger partial charge in [-0.05, 0) is 18.1 Å². The highest BCUT2D eigenvalue weighted by atomic mass is 32.2. The molecule has 0 bridgehead atoms. The van der Waals surface area contributed by atoms with E-state index >= 15 is 0 Å². The van der Waals surface area contributed by atoms with Crippen LogP contribution in [0.3, 0.4) is 0 Å². The molecule has 0 aromatic carbocycles. The Bertz CT molecular complexity index is 197. The van der Waals surface area contributed by atoms with Crippen molar-refractivity contribution < 1.29 is 0 Å². The highest BCUT2D eigenvalue weighted by molar-refractivity contribution is 7.99. The summed E-state index contributed by atoms with van der Waals surface area (Å²) in [7, 11) is 0. The van der Waals surface area contributed by atoms with Gasteiger partial charge in [0.1, 0.15) is 0 Å². The van der Waals surface area contributed by atoms with Crippen LogP contribution >= 0.6 is 11.8 Å². The van der Waals surface area contributed by atoms with Crippen LogP contribution in [0, 0.1) is 5.92 Å². The zero-order chi connectivity index (χ0) is 12.7. The van der Waals surface area contributed by atoms with Crippen LogP contribution in [-0.2, 0) is 0 Å². The normalized spacial score (nSPS) is 26.6. The van der Waals surface area contributed by atoms with E-state index in [4.69, 9.17) is 0 Å². The smallest absolute Gasteiger partial charge is 0.0244 e. The Morgan fingerprint density at radius 3 is 2.71 bits per heavy atom. The van der Waals surface area contributed by atoms with E-state index in [0.29, 0.717) is 0 Å². The van der Waals surface area contributed by atoms with Crippen LogP contribution in [0.5, 0.6) is 0 Å². The van der Waals surface area contributed by atoms with Crippen molar-refractivity contribution in [3.05, 3.63) is 0 Å². The van der Waals surface area contributed by atoms with E-state index in [0.717, 1.165) is 18.0 Å². The maximum Gasteiger partial charge on any atom is 0.0244 e. The van der Waals surface area contributed by atoms with Gasteiger partial charge in [-0.2, -0.15) is 11.8 Å². The van der Waals surface area contributed by atoms with E-state index in [1.807, 2.05) is 0 Å². The molecule has 0 radical (unpaired) electrons. The number of thioether (sulfide) groups is 1. The molecule has 1 N–H and O–H groups in total. The Hall–Kier alpha value is 0.270. The van der Waals surface area contributed by atoms with E-state index in [1.54, 1.807) is 0 Å². The first-order valence-electron chi connectivity index (χ1n) is 7.24. The maximum atomic E-state index is 3.72. The van der Waals surface area contributed by atoms with Crippen molar-refractivity contribution in [2.24, 2.45) is 5.92 Å². The summed E-state index contributed by atoms with van der Waals surface area (Å²) in [6, 6.07) is 1.46. The molecule has 0 aliphatic carbocycles. The molecule has 2 unspecified atom stereocenters. The average Bonchev–Trinajstić information content (AvgIpc) is 2.30. The van der Waals surface area contributed by atoms with Gasteiger partial charge in [-0.15, -0.1) is 0 Å². The molecule has 1 rings (SSSR count). The summed E-state index contributed by atoms with van der Waals surface area (Å²) < 4.78 is 0. The topological polar surface area (TPSA) is 15.3 Å². The Balaban J connectivity index is 2.44. The highest BCUT2D eigenvalue weighted by Crippen LogP contribution is 2.17. The first-order chi connectivity index (χ1) is 8.19. The van der Waals surface area contributed by atoms with Crippen LogP contribution in [0.4, 0.5) is 0 Å². The largest absolute Gasteiger partial charge is 0.311 e. The lowest BCUT2D eigenvalue weighted by molar-refractivity contribution is 0.103. The summed E-state index contributed by atoms with van der Waals surface area (Å²) in [5.74, 6) is 3.30. The van der Waals surface area contributed by atoms with Gasteiger partial charge in [0.15, 0.2) is 0 Å². The van der Waals surface area contributed by atoms with E-state index in [9.17, 15) is 0 Å². The maximum absolute atomic E-state index is 3.72. The van der Waals surface area contributed by atoms with E-state index in [-0.39, 0.29) is 0 Å². The lowest BCUT2D eigenvalue weighted by Crippen LogP contribution is -2.58. The summed E-state index contributed by atoms with van der Waals surface area (Å²) in [5, 5.41) is 3.72. The molecule has 17 heavy (non-hydrogen) atoms. The van der Waals surface area contributed by atoms with Crippen molar-refractivity contribution in [1.29, 1.82) is 0 Å². The molecule has 0 aromatic heterocycles. The third-order valence-electron chi connectivity index (χ3n) is 3.67. The molecule has 2 nitrogen and oxygen atoms in total.